The van der Waals surface area contributed by atoms with Crippen LogP contribution in [0.15, 0.2) is 29.8 Å². The highest BCUT2D eigenvalue weighted by atomic mass is 32.1. The van der Waals surface area contributed by atoms with Crippen LogP contribution in [0.3, 0.4) is 0 Å². The van der Waals surface area contributed by atoms with E-state index < -0.39 is 0 Å². The predicted molar refractivity (Wildman–Crippen MR) is 55.7 cm³/mol. The molecule has 2 rings (SSSR count). The van der Waals surface area contributed by atoms with Crippen LogP contribution < -0.4 is 0 Å². The van der Waals surface area contributed by atoms with Gasteiger partial charge >= 0.3 is 0 Å². The van der Waals surface area contributed by atoms with Crippen molar-refractivity contribution >= 4 is 17.1 Å². The Labute approximate surface area is 86.0 Å². The van der Waals surface area contributed by atoms with Gasteiger partial charge in [0.1, 0.15) is 5.69 Å². The van der Waals surface area contributed by atoms with Gasteiger partial charge in [-0.3, -0.25) is 9.48 Å². The Morgan fingerprint density at radius 3 is 3.07 bits per heavy atom. The van der Waals surface area contributed by atoms with Crippen molar-refractivity contribution in [1.29, 1.82) is 0 Å². The van der Waals surface area contributed by atoms with Crippen LogP contribution in [0.1, 0.15) is 22.3 Å². The minimum absolute atomic E-state index is 0.0550. The molecule has 0 N–H and O–H groups in total. The number of carbonyl (C=O) groups is 1. The van der Waals surface area contributed by atoms with Gasteiger partial charge in [-0.25, -0.2) is 0 Å². The van der Waals surface area contributed by atoms with Crippen molar-refractivity contribution in [3.8, 4) is 0 Å². The maximum Gasteiger partial charge on any atom is 0.220 e. The smallest absolute Gasteiger partial charge is 0.220 e. The maximum absolute atomic E-state index is 11.9. The van der Waals surface area contributed by atoms with Crippen LogP contribution in [0.5, 0.6) is 0 Å². The summed E-state index contributed by atoms with van der Waals surface area (Å²) < 4.78 is 1.71. The van der Waals surface area contributed by atoms with Crippen LogP contribution in [0, 0.1) is 0 Å². The van der Waals surface area contributed by atoms with Gasteiger partial charge in [0.05, 0.1) is 4.88 Å². The molecular weight excluding hydrogens is 196 g/mol. The van der Waals surface area contributed by atoms with Crippen LogP contribution in [0.2, 0.25) is 0 Å². The molecule has 3 nitrogen and oxygen atoms in total. The first-order chi connectivity index (χ1) is 6.83. The van der Waals surface area contributed by atoms with Crippen molar-refractivity contribution in [2.24, 2.45) is 0 Å². The number of hydrogen-bond acceptors (Lipinski definition) is 3. The molecule has 0 saturated carbocycles. The third-order valence-corrected chi connectivity index (χ3v) is 2.86. The maximum atomic E-state index is 11.9. The highest BCUT2D eigenvalue weighted by Crippen LogP contribution is 2.14. The van der Waals surface area contributed by atoms with Gasteiger partial charge in [0.15, 0.2) is 0 Å². The quantitative estimate of drug-likeness (QED) is 0.721. The Bertz CT molecular complexity index is 431. The molecule has 14 heavy (non-hydrogen) atoms. The van der Waals surface area contributed by atoms with E-state index in [1.165, 1.54) is 11.3 Å². The molecule has 4 heteroatoms. The second-order valence-corrected chi connectivity index (χ2v) is 3.79. The summed E-state index contributed by atoms with van der Waals surface area (Å²) in [5, 5.41) is 5.97. The number of hydrogen-bond donors (Lipinski definition) is 0. The van der Waals surface area contributed by atoms with Gasteiger partial charge in [-0.15, -0.1) is 11.3 Å². The third-order valence-electron chi connectivity index (χ3n) is 1.99. The standard InChI is InChI=1S/C10H10N2OS/c1-2-12-8(5-6-11-12)10(13)9-4-3-7-14-9/h3-7H,2H2,1H3. The van der Waals surface area contributed by atoms with E-state index in [1.807, 2.05) is 24.4 Å². The molecule has 0 fully saturated rings. The molecule has 2 aromatic heterocycles. The van der Waals surface area contributed by atoms with Crippen LogP contribution in [0.4, 0.5) is 0 Å². The fraction of sp³-hybridized carbons (Fsp3) is 0.200. The lowest BCUT2D eigenvalue weighted by Crippen LogP contribution is -2.09. The number of ketones is 1. The molecule has 0 atom stereocenters. The van der Waals surface area contributed by atoms with Gasteiger partial charge in [0.2, 0.25) is 5.78 Å². The summed E-state index contributed by atoms with van der Waals surface area (Å²) in [4.78, 5) is 12.7. The lowest BCUT2D eigenvalue weighted by Gasteiger charge is -2.01. The summed E-state index contributed by atoms with van der Waals surface area (Å²) in [6, 6.07) is 5.47. The Hall–Kier alpha value is -1.42. The van der Waals surface area contributed by atoms with Crippen molar-refractivity contribution in [3.05, 3.63) is 40.3 Å². The zero-order valence-electron chi connectivity index (χ0n) is 7.80. The molecular formula is C10H10N2OS. The first-order valence-corrected chi connectivity index (χ1v) is 5.31. The second kappa shape index (κ2) is 3.75. The van der Waals surface area contributed by atoms with E-state index in [2.05, 4.69) is 5.10 Å². The van der Waals surface area contributed by atoms with Crippen molar-refractivity contribution in [2.45, 2.75) is 13.5 Å². The SMILES string of the molecule is CCn1nccc1C(=O)c1cccs1. The van der Waals surface area contributed by atoms with Crippen molar-refractivity contribution in [1.82, 2.24) is 9.78 Å². The van der Waals surface area contributed by atoms with E-state index in [1.54, 1.807) is 16.9 Å². The number of carbonyl (C=O) groups excluding carboxylic acids is 1. The zero-order valence-corrected chi connectivity index (χ0v) is 8.62. The molecule has 0 aliphatic carbocycles. The van der Waals surface area contributed by atoms with Crippen molar-refractivity contribution in [3.63, 3.8) is 0 Å². The van der Waals surface area contributed by atoms with Crippen molar-refractivity contribution < 1.29 is 4.79 Å². The number of thiophene rings is 1. The van der Waals surface area contributed by atoms with Crippen molar-refractivity contribution in [2.75, 3.05) is 0 Å². The van der Waals surface area contributed by atoms with Crippen LogP contribution in [-0.2, 0) is 6.54 Å². The third kappa shape index (κ3) is 1.48. The molecule has 2 heterocycles. The van der Waals surface area contributed by atoms with Gasteiger partial charge in [-0.1, -0.05) is 6.07 Å². The Kier molecular flexibility index (Phi) is 2.45. The molecule has 0 aromatic carbocycles. The summed E-state index contributed by atoms with van der Waals surface area (Å²) >= 11 is 1.46. The van der Waals surface area contributed by atoms with E-state index in [0.29, 0.717) is 5.69 Å². The molecule has 0 bridgehead atoms. The number of rotatable bonds is 3. The molecule has 0 radical (unpaired) electrons. The minimum atomic E-state index is 0.0550. The van der Waals surface area contributed by atoms with E-state index >= 15 is 0 Å². The lowest BCUT2D eigenvalue weighted by atomic mass is 10.2. The highest BCUT2D eigenvalue weighted by molar-refractivity contribution is 7.12. The number of aryl methyl sites for hydroxylation is 1. The van der Waals surface area contributed by atoms with E-state index in [9.17, 15) is 4.79 Å². The minimum Gasteiger partial charge on any atom is -0.286 e. The van der Waals surface area contributed by atoms with Gasteiger partial charge in [0.25, 0.3) is 0 Å². The normalized spacial score (nSPS) is 10.4. The monoisotopic (exact) mass is 206 g/mol. The first kappa shape index (κ1) is 9.15. The summed E-state index contributed by atoms with van der Waals surface area (Å²) in [7, 11) is 0. The Balaban J connectivity index is 2.36. The van der Waals surface area contributed by atoms with E-state index in [4.69, 9.17) is 0 Å². The molecule has 0 saturated heterocycles. The fourth-order valence-electron chi connectivity index (χ4n) is 1.31. The van der Waals surface area contributed by atoms with Crippen LogP contribution >= 0.6 is 11.3 Å². The second-order valence-electron chi connectivity index (χ2n) is 2.84. The van der Waals surface area contributed by atoms with Gasteiger partial charge < -0.3 is 0 Å². The van der Waals surface area contributed by atoms with Gasteiger partial charge in [-0.05, 0) is 24.4 Å². The zero-order chi connectivity index (χ0) is 9.97. The average molecular weight is 206 g/mol. The number of nitrogens with zero attached hydrogens (tertiary/aromatic N) is 2. The largest absolute Gasteiger partial charge is 0.286 e. The van der Waals surface area contributed by atoms with Crippen LogP contribution in [0.25, 0.3) is 0 Å². The Morgan fingerprint density at radius 2 is 2.43 bits per heavy atom. The number of aromatic nitrogens is 2. The van der Waals surface area contributed by atoms with E-state index in [-0.39, 0.29) is 5.78 Å². The topological polar surface area (TPSA) is 34.9 Å². The molecule has 0 spiro atoms. The fourth-order valence-corrected chi connectivity index (χ4v) is 1.98. The summed E-state index contributed by atoms with van der Waals surface area (Å²) in [6.07, 6.45) is 1.66. The van der Waals surface area contributed by atoms with E-state index in [0.717, 1.165) is 11.4 Å². The molecule has 2 aromatic rings. The molecule has 0 aliphatic rings. The molecule has 72 valence electrons. The molecule has 0 amide bonds. The summed E-state index contributed by atoms with van der Waals surface area (Å²) in [5.74, 6) is 0.0550. The Morgan fingerprint density at radius 1 is 1.57 bits per heavy atom. The lowest BCUT2D eigenvalue weighted by molar-refractivity contribution is 0.103. The van der Waals surface area contributed by atoms with Gasteiger partial charge in [0, 0.05) is 12.7 Å². The molecule has 0 aliphatic heterocycles. The predicted octanol–water partition coefficient (Wildman–Crippen LogP) is 2.20. The summed E-state index contributed by atoms with van der Waals surface area (Å²) in [6.45, 7) is 2.69. The molecule has 0 unspecified atom stereocenters. The average Bonchev–Trinajstić information content (AvgIpc) is 2.87. The highest BCUT2D eigenvalue weighted by Gasteiger charge is 2.13. The van der Waals surface area contributed by atoms with Gasteiger partial charge in [-0.2, -0.15) is 5.10 Å². The summed E-state index contributed by atoms with van der Waals surface area (Å²) in [5.41, 5.74) is 0.662. The first-order valence-electron chi connectivity index (χ1n) is 4.43. The van der Waals surface area contributed by atoms with Crippen LogP contribution in [-0.4, -0.2) is 15.6 Å².